The van der Waals surface area contributed by atoms with Gasteiger partial charge in [-0.25, -0.2) is 9.97 Å². The minimum atomic E-state index is 0.660. The summed E-state index contributed by atoms with van der Waals surface area (Å²) in [5.41, 5.74) is 2.37. The van der Waals surface area contributed by atoms with Gasteiger partial charge in [-0.05, 0) is 24.8 Å². The first kappa shape index (κ1) is 14.4. The molecule has 108 valence electrons. The van der Waals surface area contributed by atoms with Gasteiger partial charge in [0.1, 0.15) is 0 Å². The average molecular weight is 314 g/mol. The van der Waals surface area contributed by atoms with E-state index < -0.39 is 0 Å². The number of nitrogens with zero attached hydrogens (tertiary/aromatic N) is 2. The van der Waals surface area contributed by atoms with Crippen LogP contribution in [0.5, 0.6) is 0 Å². The number of rotatable bonds is 4. The zero-order valence-electron chi connectivity index (χ0n) is 12.5. The highest BCUT2D eigenvalue weighted by atomic mass is 32.1. The van der Waals surface area contributed by atoms with Gasteiger partial charge in [0.2, 0.25) is 0 Å². The molecule has 0 saturated heterocycles. The topological polar surface area (TPSA) is 25.8 Å². The Labute approximate surface area is 133 Å². The molecule has 0 unspecified atom stereocenters. The number of hydrogen-bond donors (Lipinski definition) is 0. The minimum Gasteiger partial charge on any atom is -0.241 e. The SMILES string of the molecule is Cc1nc(-c2ncc(-c3ccccc3)s2)sc1CC(C)C. The third-order valence-corrected chi connectivity index (χ3v) is 5.60. The maximum Gasteiger partial charge on any atom is 0.152 e. The summed E-state index contributed by atoms with van der Waals surface area (Å²) in [7, 11) is 0. The van der Waals surface area contributed by atoms with Crippen LogP contribution >= 0.6 is 22.7 Å². The molecular formula is C17H18N2S2. The third-order valence-electron chi connectivity index (χ3n) is 3.23. The van der Waals surface area contributed by atoms with Crippen molar-refractivity contribution in [2.45, 2.75) is 27.2 Å². The average Bonchev–Trinajstić information content (AvgIpc) is 3.07. The Hall–Kier alpha value is -1.52. The van der Waals surface area contributed by atoms with Gasteiger partial charge >= 0.3 is 0 Å². The van der Waals surface area contributed by atoms with Gasteiger partial charge < -0.3 is 0 Å². The highest BCUT2D eigenvalue weighted by Crippen LogP contribution is 2.35. The van der Waals surface area contributed by atoms with Gasteiger partial charge in [-0.2, -0.15) is 0 Å². The highest BCUT2D eigenvalue weighted by molar-refractivity contribution is 7.23. The van der Waals surface area contributed by atoms with Crippen LogP contribution < -0.4 is 0 Å². The van der Waals surface area contributed by atoms with Crippen LogP contribution in [-0.4, -0.2) is 9.97 Å². The van der Waals surface area contributed by atoms with E-state index in [1.807, 2.05) is 12.3 Å². The van der Waals surface area contributed by atoms with Crippen LogP contribution in [0, 0.1) is 12.8 Å². The molecule has 2 heterocycles. The summed E-state index contributed by atoms with van der Waals surface area (Å²) < 4.78 is 0. The lowest BCUT2D eigenvalue weighted by atomic mass is 10.1. The summed E-state index contributed by atoms with van der Waals surface area (Å²) in [6, 6.07) is 10.4. The molecular weight excluding hydrogens is 296 g/mol. The Bertz CT molecular complexity index is 726. The van der Waals surface area contributed by atoms with Crippen LogP contribution in [0.4, 0.5) is 0 Å². The van der Waals surface area contributed by atoms with Crippen LogP contribution in [0.25, 0.3) is 20.5 Å². The van der Waals surface area contributed by atoms with E-state index in [2.05, 4.69) is 50.0 Å². The molecule has 0 atom stereocenters. The van der Waals surface area contributed by atoms with E-state index in [0.29, 0.717) is 5.92 Å². The van der Waals surface area contributed by atoms with Crippen LogP contribution in [0.1, 0.15) is 24.4 Å². The Morgan fingerprint density at radius 3 is 2.52 bits per heavy atom. The molecule has 0 fully saturated rings. The van der Waals surface area contributed by atoms with Crippen molar-refractivity contribution in [3.63, 3.8) is 0 Å². The third kappa shape index (κ3) is 3.22. The van der Waals surface area contributed by atoms with Crippen molar-refractivity contribution in [3.05, 3.63) is 47.1 Å². The lowest BCUT2D eigenvalue weighted by molar-refractivity contribution is 0.651. The molecule has 0 radical (unpaired) electrons. The van der Waals surface area contributed by atoms with Crippen LogP contribution in [0.2, 0.25) is 0 Å². The van der Waals surface area contributed by atoms with Gasteiger partial charge in [-0.15, -0.1) is 22.7 Å². The molecule has 4 heteroatoms. The molecule has 2 aromatic heterocycles. The number of aryl methyl sites for hydroxylation is 1. The van der Waals surface area contributed by atoms with Gasteiger partial charge in [-0.3, -0.25) is 0 Å². The zero-order valence-corrected chi connectivity index (χ0v) is 14.1. The van der Waals surface area contributed by atoms with Crippen molar-refractivity contribution in [1.82, 2.24) is 9.97 Å². The van der Waals surface area contributed by atoms with E-state index in [1.165, 1.54) is 15.3 Å². The molecule has 1 aromatic carbocycles. The van der Waals surface area contributed by atoms with Gasteiger partial charge in [0, 0.05) is 11.1 Å². The van der Waals surface area contributed by atoms with Crippen molar-refractivity contribution in [3.8, 4) is 20.5 Å². The van der Waals surface area contributed by atoms with Crippen molar-refractivity contribution in [1.29, 1.82) is 0 Å². The molecule has 21 heavy (non-hydrogen) atoms. The first-order valence-electron chi connectivity index (χ1n) is 7.11. The first-order valence-corrected chi connectivity index (χ1v) is 8.74. The Morgan fingerprint density at radius 2 is 1.81 bits per heavy atom. The number of aromatic nitrogens is 2. The standard InChI is InChI=1S/C17H18N2S2/c1-11(2)9-14-12(3)19-17(20-14)16-18-10-15(21-16)13-7-5-4-6-8-13/h4-8,10-11H,9H2,1-3H3. The predicted octanol–water partition coefficient (Wildman–Crippen LogP) is 5.44. The van der Waals surface area contributed by atoms with Gasteiger partial charge in [0.25, 0.3) is 0 Å². The molecule has 0 aliphatic carbocycles. The minimum absolute atomic E-state index is 0.660. The molecule has 0 aliphatic heterocycles. The van der Waals surface area contributed by atoms with Crippen LogP contribution in [0.15, 0.2) is 36.5 Å². The lowest BCUT2D eigenvalue weighted by Crippen LogP contribution is -1.92. The fourth-order valence-corrected chi connectivity index (χ4v) is 4.41. The van der Waals surface area contributed by atoms with E-state index in [1.54, 1.807) is 22.7 Å². The van der Waals surface area contributed by atoms with Crippen LogP contribution in [-0.2, 0) is 6.42 Å². The summed E-state index contributed by atoms with van der Waals surface area (Å²) in [5, 5.41) is 2.08. The Morgan fingerprint density at radius 1 is 1.05 bits per heavy atom. The largest absolute Gasteiger partial charge is 0.241 e. The van der Waals surface area contributed by atoms with Gasteiger partial charge in [0.15, 0.2) is 10.0 Å². The maximum atomic E-state index is 4.71. The first-order chi connectivity index (χ1) is 10.1. The van der Waals surface area contributed by atoms with Crippen molar-refractivity contribution in [2.75, 3.05) is 0 Å². The summed E-state index contributed by atoms with van der Waals surface area (Å²) in [6.45, 7) is 6.59. The molecule has 2 nitrogen and oxygen atoms in total. The summed E-state index contributed by atoms with van der Waals surface area (Å²) in [6.07, 6.45) is 3.05. The van der Waals surface area contributed by atoms with E-state index in [4.69, 9.17) is 4.98 Å². The fourth-order valence-electron chi connectivity index (χ4n) is 2.19. The fraction of sp³-hybridized carbons (Fsp3) is 0.294. The Kier molecular flexibility index (Phi) is 4.17. The van der Waals surface area contributed by atoms with Crippen molar-refractivity contribution in [2.24, 2.45) is 5.92 Å². The summed E-state index contributed by atoms with van der Waals surface area (Å²) in [5.74, 6) is 0.660. The lowest BCUT2D eigenvalue weighted by Gasteiger charge is -2.00. The van der Waals surface area contributed by atoms with Crippen molar-refractivity contribution >= 4 is 22.7 Å². The van der Waals surface area contributed by atoms with Crippen molar-refractivity contribution < 1.29 is 0 Å². The molecule has 3 rings (SSSR count). The molecule has 3 aromatic rings. The summed E-state index contributed by atoms with van der Waals surface area (Å²) in [4.78, 5) is 11.9. The van der Waals surface area contributed by atoms with Gasteiger partial charge in [-0.1, -0.05) is 44.2 Å². The second kappa shape index (κ2) is 6.08. The predicted molar refractivity (Wildman–Crippen MR) is 91.9 cm³/mol. The number of thiazole rings is 2. The van der Waals surface area contributed by atoms with E-state index in [9.17, 15) is 0 Å². The normalized spacial score (nSPS) is 11.2. The quantitative estimate of drug-likeness (QED) is 0.640. The molecule has 0 spiro atoms. The maximum absolute atomic E-state index is 4.71. The van der Waals surface area contributed by atoms with E-state index in [0.717, 1.165) is 22.1 Å². The second-order valence-electron chi connectivity index (χ2n) is 5.52. The van der Waals surface area contributed by atoms with E-state index >= 15 is 0 Å². The Balaban J connectivity index is 1.90. The highest BCUT2D eigenvalue weighted by Gasteiger charge is 2.14. The molecule has 0 saturated carbocycles. The molecule has 0 aliphatic rings. The second-order valence-corrected chi connectivity index (χ2v) is 7.64. The number of benzene rings is 1. The van der Waals surface area contributed by atoms with Gasteiger partial charge in [0.05, 0.1) is 10.6 Å². The van der Waals surface area contributed by atoms with E-state index in [-0.39, 0.29) is 0 Å². The van der Waals surface area contributed by atoms with Crippen LogP contribution in [0.3, 0.4) is 0 Å². The summed E-state index contributed by atoms with van der Waals surface area (Å²) >= 11 is 3.50. The molecule has 0 amide bonds. The smallest absolute Gasteiger partial charge is 0.152 e. The number of hydrogen-bond acceptors (Lipinski definition) is 4. The zero-order chi connectivity index (χ0) is 14.8. The molecule has 0 bridgehead atoms. The molecule has 0 N–H and O–H groups in total. The monoisotopic (exact) mass is 314 g/mol.